The molecule has 1 saturated carbocycles. The first-order chi connectivity index (χ1) is 16.6. The molecule has 1 amide bonds. The van der Waals surface area contributed by atoms with Gasteiger partial charge in [0.25, 0.3) is 0 Å². The van der Waals surface area contributed by atoms with Gasteiger partial charge in [-0.05, 0) is 37.8 Å². The van der Waals surface area contributed by atoms with Crippen molar-refractivity contribution in [1.82, 2.24) is 30.6 Å². The van der Waals surface area contributed by atoms with Crippen molar-refractivity contribution in [3.05, 3.63) is 40.8 Å². The van der Waals surface area contributed by atoms with E-state index in [9.17, 15) is 4.79 Å². The zero-order valence-electron chi connectivity index (χ0n) is 18.8. The fourth-order valence-corrected chi connectivity index (χ4v) is 5.26. The topological polar surface area (TPSA) is 114 Å². The number of thioether (sulfide) groups is 1. The summed E-state index contributed by atoms with van der Waals surface area (Å²) in [6.45, 7) is 1.27. The van der Waals surface area contributed by atoms with Crippen LogP contribution >= 0.6 is 23.4 Å². The number of amides is 1. The van der Waals surface area contributed by atoms with E-state index in [1.807, 2.05) is 12.1 Å². The molecule has 178 valence electrons. The van der Waals surface area contributed by atoms with Gasteiger partial charge in [-0.15, -0.1) is 0 Å². The van der Waals surface area contributed by atoms with Crippen LogP contribution in [0, 0.1) is 0 Å². The number of fused-ring (bicyclic) bond motifs is 2. The lowest BCUT2D eigenvalue weighted by atomic mass is 9.91. The zero-order chi connectivity index (χ0) is 23.5. The maximum Gasteiger partial charge on any atom is 0.236 e. The fraction of sp³-hybridized carbons (Fsp3) is 0.435. The largest absolute Gasteiger partial charge is 0.480 e. The van der Waals surface area contributed by atoms with E-state index in [1.54, 1.807) is 19.5 Å². The summed E-state index contributed by atoms with van der Waals surface area (Å²) in [4.78, 5) is 29.5. The molecule has 0 radical (unpaired) electrons. The van der Waals surface area contributed by atoms with Gasteiger partial charge in [0.2, 0.25) is 11.8 Å². The van der Waals surface area contributed by atoms with Crippen molar-refractivity contribution in [3.63, 3.8) is 0 Å². The van der Waals surface area contributed by atoms with Gasteiger partial charge in [-0.1, -0.05) is 23.4 Å². The number of anilines is 1. The van der Waals surface area contributed by atoms with E-state index in [0.29, 0.717) is 47.6 Å². The molecule has 3 heterocycles. The lowest BCUT2D eigenvalue weighted by Crippen LogP contribution is -2.39. The standard InChI is InChI=1S/C23H26ClN7O2S/c1-33-20-11-27-18-7-6-17(24)16(21(18)31-20)10-26-14-4-2-13(3-5-14)25-8-15-9-28-23-22(29-15)30-19(32)12-34-23/h6-7,9,11,13-14,25-26H,2-5,8,10,12H2,1H3,(H,29,30,32). The van der Waals surface area contributed by atoms with Crippen molar-refractivity contribution in [3.8, 4) is 5.88 Å². The molecule has 34 heavy (non-hydrogen) atoms. The van der Waals surface area contributed by atoms with Crippen LogP contribution in [-0.4, -0.2) is 50.8 Å². The van der Waals surface area contributed by atoms with E-state index in [4.69, 9.17) is 16.3 Å². The summed E-state index contributed by atoms with van der Waals surface area (Å²) in [6.07, 6.45) is 7.68. The van der Waals surface area contributed by atoms with Crippen molar-refractivity contribution in [2.24, 2.45) is 0 Å². The van der Waals surface area contributed by atoms with Crippen molar-refractivity contribution in [2.75, 3.05) is 18.2 Å². The molecule has 1 aliphatic carbocycles. The van der Waals surface area contributed by atoms with Crippen LogP contribution in [0.1, 0.15) is 36.9 Å². The molecule has 2 aliphatic rings. The van der Waals surface area contributed by atoms with Crippen molar-refractivity contribution < 1.29 is 9.53 Å². The summed E-state index contributed by atoms with van der Waals surface area (Å²) in [5.74, 6) is 1.42. The second kappa shape index (κ2) is 10.4. The Morgan fingerprint density at radius 3 is 2.62 bits per heavy atom. The van der Waals surface area contributed by atoms with Crippen LogP contribution < -0.4 is 20.7 Å². The molecule has 5 rings (SSSR count). The quantitative estimate of drug-likeness (QED) is 0.450. The van der Waals surface area contributed by atoms with Gasteiger partial charge in [0.15, 0.2) is 5.82 Å². The van der Waals surface area contributed by atoms with E-state index >= 15 is 0 Å². The van der Waals surface area contributed by atoms with Crippen LogP contribution in [-0.2, 0) is 17.9 Å². The summed E-state index contributed by atoms with van der Waals surface area (Å²) in [6, 6.07) is 4.59. The van der Waals surface area contributed by atoms with Crippen LogP contribution in [0.25, 0.3) is 11.0 Å². The van der Waals surface area contributed by atoms with Crippen molar-refractivity contribution in [2.45, 2.75) is 55.9 Å². The molecule has 11 heteroatoms. The Morgan fingerprint density at radius 2 is 1.85 bits per heavy atom. The summed E-state index contributed by atoms with van der Waals surface area (Å²) >= 11 is 7.92. The van der Waals surface area contributed by atoms with Crippen molar-refractivity contribution >= 4 is 46.1 Å². The van der Waals surface area contributed by atoms with E-state index < -0.39 is 0 Å². The second-order valence-corrected chi connectivity index (χ2v) is 9.84. The average molecular weight is 500 g/mol. The summed E-state index contributed by atoms with van der Waals surface area (Å²) < 4.78 is 5.24. The summed E-state index contributed by atoms with van der Waals surface area (Å²) in [7, 11) is 1.58. The number of carbonyl (C=O) groups excluding carboxylic acids is 1. The molecular weight excluding hydrogens is 474 g/mol. The number of hydrogen-bond donors (Lipinski definition) is 3. The van der Waals surface area contributed by atoms with Gasteiger partial charge in [-0.2, -0.15) is 0 Å². The molecule has 0 spiro atoms. The predicted octanol–water partition coefficient (Wildman–Crippen LogP) is 3.32. The minimum Gasteiger partial charge on any atom is -0.480 e. The minimum absolute atomic E-state index is 0.0290. The summed E-state index contributed by atoms with van der Waals surface area (Å²) in [5, 5.41) is 11.5. The number of methoxy groups -OCH3 is 1. The molecule has 9 nitrogen and oxygen atoms in total. The number of nitrogens with zero attached hydrogens (tertiary/aromatic N) is 4. The van der Waals surface area contributed by atoms with E-state index in [0.717, 1.165) is 53.0 Å². The second-order valence-electron chi connectivity index (χ2n) is 8.47. The highest BCUT2D eigenvalue weighted by molar-refractivity contribution is 8.00. The number of hydrogen-bond acceptors (Lipinski definition) is 9. The Labute approximate surface area is 206 Å². The molecular formula is C23H26ClN7O2S. The number of aromatic nitrogens is 4. The third-order valence-electron chi connectivity index (χ3n) is 6.20. The third-order valence-corrected chi connectivity index (χ3v) is 7.54. The number of carbonyl (C=O) groups is 1. The number of halogens is 1. The average Bonchev–Trinajstić information content (AvgIpc) is 2.87. The van der Waals surface area contributed by atoms with Gasteiger partial charge < -0.3 is 20.7 Å². The number of rotatable bonds is 7. The number of nitrogens with one attached hydrogen (secondary N) is 3. The lowest BCUT2D eigenvalue weighted by molar-refractivity contribution is -0.113. The number of benzene rings is 1. The van der Waals surface area contributed by atoms with E-state index in [-0.39, 0.29) is 5.91 Å². The predicted molar refractivity (Wildman–Crippen MR) is 132 cm³/mol. The van der Waals surface area contributed by atoms with Crippen LogP contribution in [0.2, 0.25) is 5.02 Å². The first-order valence-corrected chi connectivity index (χ1v) is 12.7. The maximum absolute atomic E-state index is 11.6. The maximum atomic E-state index is 11.6. The fourth-order valence-electron chi connectivity index (χ4n) is 4.34. The Morgan fingerprint density at radius 1 is 1.09 bits per heavy atom. The highest BCUT2D eigenvalue weighted by Gasteiger charge is 2.22. The highest BCUT2D eigenvalue weighted by atomic mass is 35.5. The molecule has 0 unspecified atom stereocenters. The van der Waals surface area contributed by atoms with Gasteiger partial charge in [-0.3, -0.25) is 4.79 Å². The Hall–Kier alpha value is -2.53. The monoisotopic (exact) mass is 499 g/mol. The minimum atomic E-state index is -0.0290. The van der Waals surface area contributed by atoms with Crippen LogP contribution in [0.3, 0.4) is 0 Å². The smallest absolute Gasteiger partial charge is 0.236 e. The molecule has 1 aromatic carbocycles. The van der Waals surface area contributed by atoms with Gasteiger partial charge >= 0.3 is 0 Å². The van der Waals surface area contributed by atoms with Gasteiger partial charge in [0.1, 0.15) is 5.03 Å². The summed E-state index contributed by atoms with van der Waals surface area (Å²) in [5.41, 5.74) is 3.36. The van der Waals surface area contributed by atoms with Gasteiger partial charge in [0.05, 0.1) is 42.0 Å². The van der Waals surface area contributed by atoms with E-state index in [1.165, 1.54) is 11.8 Å². The van der Waals surface area contributed by atoms with Crippen molar-refractivity contribution in [1.29, 1.82) is 0 Å². The number of ether oxygens (including phenoxy) is 1. The first-order valence-electron chi connectivity index (χ1n) is 11.3. The Kier molecular flexibility index (Phi) is 7.10. The Bertz CT molecular complexity index is 1200. The SMILES string of the molecule is COc1cnc2ccc(Cl)c(CNC3CCC(NCc4cnc5c(n4)NC(=O)CS5)CC3)c2n1. The van der Waals surface area contributed by atoms with E-state index in [2.05, 4.69) is 35.9 Å². The molecule has 0 bridgehead atoms. The molecule has 1 aliphatic heterocycles. The molecule has 0 atom stereocenters. The molecule has 2 aromatic heterocycles. The van der Waals surface area contributed by atoms with Crippen LogP contribution in [0.5, 0.6) is 5.88 Å². The first kappa shape index (κ1) is 23.2. The van der Waals surface area contributed by atoms with Crippen LogP contribution in [0.4, 0.5) is 5.82 Å². The van der Waals surface area contributed by atoms with Gasteiger partial charge in [0, 0.05) is 35.8 Å². The third kappa shape index (κ3) is 5.25. The van der Waals surface area contributed by atoms with Gasteiger partial charge in [-0.25, -0.2) is 19.9 Å². The lowest BCUT2D eigenvalue weighted by Gasteiger charge is -2.30. The molecule has 1 fully saturated rings. The molecule has 3 N–H and O–H groups in total. The normalized spacial score (nSPS) is 20.1. The molecule has 0 saturated heterocycles. The molecule has 3 aromatic rings. The van der Waals surface area contributed by atoms with Crippen LogP contribution in [0.15, 0.2) is 29.6 Å². The zero-order valence-corrected chi connectivity index (χ0v) is 20.4. The highest BCUT2D eigenvalue weighted by Crippen LogP contribution is 2.28. The Balaban J connectivity index is 1.13.